The number of carbonyl (C=O) groups excluding carboxylic acids is 5. The number of carboxylic acids is 1. The van der Waals surface area contributed by atoms with E-state index in [-0.39, 0.29) is 32.2 Å². The second kappa shape index (κ2) is 12.9. The molecule has 14 heteroatoms. The van der Waals surface area contributed by atoms with Crippen LogP contribution >= 0.6 is 0 Å². The first-order valence-electron chi connectivity index (χ1n) is 12.5. The number of aliphatic carboxylic acids is 1. The van der Waals surface area contributed by atoms with Crippen molar-refractivity contribution in [1.29, 1.82) is 0 Å². The lowest BCUT2D eigenvalue weighted by molar-refractivity contribution is -0.149. The van der Waals surface area contributed by atoms with Gasteiger partial charge in [-0.2, -0.15) is 0 Å². The number of carboxylic acid groups (broad SMARTS) is 1. The molecule has 4 atom stereocenters. The molecule has 2 aromatic rings. The Balaban J connectivity index is 1.73. The molecule has 14 nitrogen and oxygen atoms in total. The van der Waals surface area contributed by atoms with Crippen LogP contribution in [0.2, 0.25) is 0 Å². The van der Waals surface area contributed by atoms with E-state index < -0.39 is 66.1 Å². The van der Waals surface area contributed by atoms with Crippen LogP contribution in [0.5, 0.6) is 0 Å². The van der Waals surface area contributed by atoms with E-state index in [1.54, 1.807) is 6.20 Å². The van der Waals surface area contributed by atoms with E-state index in [4.69, 9.17) is 17.2 Å². The number of hydrogen-bond acceptors (Lipinski definition) is 7. The van der Waals surface area contributed by atoms with Gasteiger partial charge in [-0.15, -0.1) is 0 Å². The van der Waals surface area contributed by atoms with Crippen molar-refractivity contribution in [3.05, 3.63) is 36.0 Å². The molecule has 1 fully saturated rings. The third-order valence-electron chi connectivity index (χ3n) is 6.60. The summed E-state index contributed by atoms with van der Waals surface area (Å²) in [4.78, 5) is 78.0. The van der Waals surface area contributed by atoms with Crippen LogP contribution in [0.25, 0.3) is 10.9 Å². The summed E-state index contributed by atoms with van der Waals surface area (Å²) in [5.41, 5.74) is 18.3. The number of aromatic nitrogens is 1. The fraction of sp³-hybridized carbons (Fsp3) is 0.440. The molecular weight excluding hydrogens is 510 g/mol. The van der Waals surface area contributed by atoms with Crippen LogP contribution in [-0.2, 0) is 35.2 Å². The predicted octanol–water partition coefficient (Wildman–Crippen LogP) is -1.78. The molecule has 0 radical (unpaired) electrons. The van der Waals surface area contributed by atoms with E-state index in [0.717, 1.165) is 21.4 Å². The van der Waals surface area contributed by atoms with Crippen molar-refractivity contribution in [2.45, 2.75) is 62.7 Å². The van der Waals surface area contributed by atoms with Gasteiger partial charge in [0.1, 0.15) is 18.1 Å². The number of amides is 5. The molecule has 1 aromatic carbocycles. The van der Waals surface area contributed by atoms with E-state index in [1.165, 1.54) is 0 Å². The molecule has 10 N–H and O–H groups in total. The van der Waals surface area contributed by atoms with Gasteiger partial charge in [-0.05, 0) is 37.3 Å². The van der Waals surface area contributed by atoms with Crippen LogP contribution in [0, 0.1) is 0 Å². The van der Waals surface area contributed by atoms with E-state index in [1.807, 2.05) is 24.3 Å². The van der Waals surface area contributed by atoms with Crippen LogP contribution in [0.15, 0.2) is 30.5 Å². The number of fused-ring (bicyclic) bond motifs is 1. The number of primary amides is 2. The van der Waals surface area contributed by atoms with Gasteiger partial charge in [-0.25, -0.2) is 4.79 Å². The molecule has 0 aliphatic carbocycles. The number of nitrogens with zero attached hydrogens (tertiary/aromatic N) is 1. The van der Waals surface area contributed by atoms with Crippen molar-refractivity contribution in [3.63, 3.8) is 0 Å². The van der Waals surface area contributed by atoms with Gasteiger partial charge in [0.2, 0.25) is 29.5 Å². The smallest absolute Gasteiger partial charge is 0.326 e. The van der Waals surface area contributed by atoms with Crippen molar-refractivity contribution in [2.75, 3.05) is 6.54 Å². The maximum Gasteiger partial charge on any atom is 0.326 e. The molecule has 3 rings (SSSR count). The Morgan fingerprint density at radius 1 is 1.03 bits per heavy atom. The highest BCUT2D eigenvalue weighted by molar-refractivity contribution is 5.96. The van der Waals surface area contributed by atoms with E-state index >= 15 is 0 Å². The zero-order chi connectivity index (χ0) is 28.7. The summed E-state index contributed by atoms with van der Waals surface area (Å²) in [6.45, 7) is 0.130. The Kier molecular flexibility index (Phi) is 9.60. The number of H-pyrrole nitrogens is 1. The first kappa shape index (κ1) is 29.1. The zero-order valence-electron chi connectivity index (χ0n) is 21.2. The van der Waals surface area contributed by atoms with Gasteiger partial charge in [0.25, 0.3) is 0 Å². The number of likely N-dealkylation sites (tertiary alicyclic amines) is 1. The largest absolute Gasteiger partial charge is 0.480 e. The minimum atomic E-state index is -1.47. The van der Waals surface area contributed by atoms with Gasteiger partial charge < -0.3 is 42.8 Å². The molecule has 210 valence electrons. The highest BCUT2D eigenvalue weighted by atomic mass is 16.4. The Morgan fingerprint density at radius 3 is 2.38 bits per heavy atom. The number of nitrogens with one attached hydrogen (secondary N) is 3. The Morgan fingerprint density at radius 2 is 1.72 bits per heavy atom. The van der Waals surface area contributed by atoms with Crippen LogP contribution < -0.4 is 27.8 Å². The third-order valence-corrected chi connectivity index (χ3v) is 6.60. The lowest BCUT2D eigenvalue weighted by Gasteiger charge is -2.28. The van der Waals surface area contributed by atoms with Gasteiger partial charge in [0.15, 0.2) is 0 Å². The maximum atomic E-state index is 13.2. The van der Waals surface area contributed by atoms with Crippen molar-refractivity contribution < 1.29 is 33.9 Å². The average Bonchev–Trinajstić information content (AvgIpc) is 3.53. The average molecular weight is 544 g/mol. The molecule has 0 spiro atoms. The Labute approximate surface area is 223 Å². The van der Waals surface area contributed by atoms with Gasteiger partial charge in [0, 0.05) is 30.1 Å². The number of para-hydroxylation sites is 1. The minimum Gasteiger partial charge on any atom is -0.480 e. The van der Waals surface area contributed by atoms with E-state index in [2.05, 4.69) is 15.6 Å². The molecule has 39 heavy (non-hydrogen) atoms. The highest BCUT2D eigenvalue weighted by Crippen LogP contribution is 2.20. The van der Waals surface area contributed by atoms with Crippen molar-refractivity contribution >= 4 is 46.4 Å². The normalized spacial score (nSPS) is 17.3. The van der Waals surface area contributed by atoms with Gasteiger partial charge >= 0.3 is 5.97 Å². The summed E-state index contributed by atoms with van der Waals surface area (Å²) in [5.74, 6) is -5.19. The van der Waals surface area contributed by atoms with E-state index in [0.29, 0.717) is 6.42 Å². The lowest BCUT2D eigenvalue weighted by atomic mass is 10.0. The highest BCUT2D eigenvalue weighted by Gasteiger charge is 2.39. The minimum absolute atomic E-state index is 0.130. The molecule has 1 aromatic heterocycles. The molecular formula is C25H33N7O7. The first-order chi connectivity index (χ1) is 18.5. The Bertz CT molecular complexity index is 1260. The number of hydrogen-bond donors (Lipinski definition) is 7. The number of rotatable bonds is 13. The summed E-state index contributed by atoms with van der Waals surface area (Å²) in [5, 5.41) is 15.2. The molecule has 1 aliphatic rings. The summed E-state index contributed by atoms with van der Waals surface area (Å²) >= 11 is 0. The summed E-state index contributed by atoms with van der Waals surface area (Å²) in [6.07, 6.45) is 1.48. The fourth-order valence-electron chi connectivity index (χ4n) is 4.63. The van der Waals surface area contributed by atoms with Crippen LogP contribution in [0.1, 0.15) is 37.7 Å². The molecule has 1 aliphatic heterocycles. The van der Waals surface area contributed by atoms with Gasteiger partial charge in [0.05, 0.1) is 12.5 Å². The molecule has 1 saturated heterocycles. The summed E-state index contributed by atoms with van der Waals surface area (Å²) < 4.78 is 0. The molecule has 5 amide bonds. The number of benzene rings is 1. The molecule has 0 saturated carbocycles. The van der Waals surface area contributed by atoms with Crippen LogP contribution in [-0.4, -0.2) is 81.2 Å². The third kappa shape index (κ3) is 7.54. The monoisotopic (exact) mass is 543 g/mol. The zero-order valence-corrected chi connectivity index (χ0v) is 21.2. The SMILES string of the molecule is NC(=O)CCC(NC(=O)C(N)Cc1c[nH]c2ccccc12)C(=O)NC(CC(N)=O)C(=O)N1CCCC1C(=O)O. The standard InChI is InChI=1S/C25H33N7O7/c26-15(10-13-12-29-16-5-2-1-4-14(13)16)22(35)30-17(7-8-20(27)33)23(36)31-18(11-21(28)34)24(37)32-9-3-6-19(32)25(38)39/h1-2,4-5,12,15,17-19,29H,3,6-11,26H2,(H2,27,33)(H2,28,34)(H,30,35)(H,31,36)(H,38,39). The second-order valence-electron chi connectivity index (χ2n) is 9.50. The van der Waals surface area contributed by atoms with Crippen molar-refractivity contribution in [3.8, 4) is 0 Å². The second-order valence-corrected chi connectivity index (χ2v) is 9.50. The number of aromatic amines is 1. The lowest BCUT2D eigenvalue weighted by Crippen LogP contribution is -2.58. The van der Waals surface area contributed by atoms with Crippen LogP contribution in [0.4, 0.5) is 0 Å². The molecule has 0 bridgehead atoms. The summed E-state index contributed by atoms with van der Waals surface area (Å²) in [6, 6.07) is 2.51. The number of carbonyl (C=O) groups is 6. The van der Waals surface area contributed by atoms with Gasteiger partial charge in [-0.3, -0.25) is 24.0 Å². The fourth-order valence-corrected chi connectivity index (χ4v) is 4.63. The topological polar surface area (TPSA) is 244 Å². The molecule has 4 unspecified atom stereocenters. The number of nitrogens with two attached hydrogens (primary N) is 3. The van der Waals surface area contributed by atoms with Crippen molar-refractivity contribution in [2.24, 2.45) is 17.2 Å². The summed E-state index contributed by atoms with van der Waals surface area (Å²) in [7, 11) is 0. The van der Waals surface area contributed by atoms with Gasteiger partial charge in [-0.1, -0.05) is 18.2 Å². The molecule has 2 heterocycles. The van der Waals surface area contributed by atoms with Crippen molar-refractivity contribution in [1.82, 2.24) is 20.5 Å². The predicted molar refractivity (Wildman–Crippen MR) is 138 cm³/mol. The quantitative estimate of drug-likeness (QED) is 0.152. The van der Waals surface area contributed by atoms with E-state index in [9.17, 15) is 33.9 Å². The van der Waals surface area contributed by atoms with Crippen LogP contribution in [0.3, 0.4) is 0 Å². The maximum absolute atomic E-state index is 13.2. The first-order valence-corrected chi connectivity index (χ1v) is 12.5. The Hall–Kier alpha value is -4.46.